The number of rotatable bonds is 7. The highest BCUT2D eigenvalue weighted by molar-refractivity contribution is 6.01. The van der Waals surface area contributed by atoms with E-state index >= 15 is 0 Å². The summed E-state index contributed by atoms with van der Waals surface area (Å²) in [6, 6.07) is 13.9. The number of amides is 2. The van der Waals surface area contributed by atoms with E-state index in [0.29, 0.717) is 22.9 Å². The van der Waals surface area contributed by atoms with Gasteiger partial charge >= 0.3 is 5.97 Å². The molecule has 2 amide bonds. The van der Waals surface area contributed by atoms with Crippen molar-refractivity contribution in [1.29, 1.82) is 0 Å². The Morgan fingerprint density at radius 1 is 1.07 bits per heavy atom. The van der Waals surface area contributed by atoms with Crippen LogP contribution in [-0.4, -0.2) is 45.2 Å². The van der Waals surface area contributed by atoms with E-state index < -0.39 is 24.4 Å². The van der Waals surface area contributed by atoms with Gasteiger partial charge in [0.2, 0.25) is 5.91 Å². The quantitative estimate of drug-likeness (QED) is 0.719. The van der Waals surface area contributed by atoms with Crippen LogP contribution in [0.3, 0.4) is 0 Å². The topological polar surface area (TPSA) is 94.2 Å². The van der Waals surface area contributed by atoms with Crippen molar-refractivity contribution in [1.82, 2.24) is 0 Å². The molecule has 1 saturated heterocycles. The van der Waals surface area contributed by atoms with Gasteiger partial charge in [0.15, 0.2) is 6.61 Å². The van der Waals surface area contributed by atoms with Crippen molar-refractivity contribution in [2.75, 3.05) is 37.6 Å². The third-order valence-electron chi connectivity index (χ3n) is 4.55. The zero-order valence-electron chi connectivity index (χ0n) is 16.2. The maximum absolute atomic E-state index is 12.4. The highest BCUT2D eigenvalue weighted by atomic mass is 16.5. The van der Waals surface area contributed by atoms with Gasteiger partial charge in [-0.2, -0.15) is 0 Å². The number of benzene rings is 2. The maximum Gasteiger partial charge on any atom is 0.311 e. The number of hydrogen-bond donors (Lipinski definition) is 1. The van der Waals surface area contributed by atoms with Crippen molar-refractivity contribution in [3.05, 3.63) is 48.5 Å². The molecule has 3 rings (SSSR count). The number of methoxy groups -OCH3 is 2. The van der Waals surface area contributed by atoms with Crippen molar-refractivity contribution in [2.24, 2.45) is 5.92 Å². The van der Waals surface area contributed by atoms with Crippen LogP contribution in [0.1, 0.15) is 6.42 Å². The molecular formula is C21H22N2O6. The number of hydrogen-bond acceptors (Lipinski definition) is 6. The summed E-state index contributed by atoms with van der Waals surface area (Å²) < 4.78 is 15.4. The summed E-state index contributed by atoms with van der Waals surface area (Å²) >= 11 is 0. The van der Waals surface area contributed by atoms with E-state index in [-0.39, 0.29) is 18.9 Å². The Kier molecular flexibility index (Phi) is 6.33. The maximum atomic E-state index is 12.4. The van der Waals surface area contributed by atoms with Crippen LogP contribution < -0.4 is 19.7 Å². The average Bonchev–Trinajstić information content (AvgIpc) is 3.14. The standard InChI is InChI=1S/C21H22N2O6/c1-27-16-9-7-15(8-10-16)22-19(24)13-29-21(26)14-11-20(25)23(12-14)17-5-3-4-6-18(17)28-2/h3-10,14H,11-13H2,1-2H3,(H,22,24)/t14-/m0/s1. The normalized spacial score (nSPS) is 15.7. The van der Waals surface area contributed by atoms with Gasteiger partial charge in [0, 0.05) is 18.7 Å². The summed E-state index contributed by atoms with van der Waals surface area (Å²) in [5.41, 5.74) is 1.16. The summed E-state index contributed by atoms with van der Waals surface area (Å²) in [5.74, 6) is -0.663. The monoisotopic (exact) mass is 398 g/mol. The number of anilines is 2. The molecule has 0 saturated carbocycles. The summed E-state index contributed by atoms with van der Waals surface area (Å²) in [7, 11) is 3.07. The van der Waals surface area contributed by atoms with Crippen LogP contribution in [0.2, 0.25) is 0 Å². The molecule has 0 spiro atoms. The van der Waals surface area contributed by atoms with Crippen molar-refractivity contribution in [3.63, 3.8) is 0 Å². The predicted molar refractivity (Wildman–Crippen MR) is 106 cm³/mol. The van der Waals surface area contributed by atoms with Gasteiger partial charge in [0.05, 0.1) is 25.8 Å². The first-order valence-electron chi connectivity index (χ1n) is 9.05. The first-order valence-corrected chi connectivity index (χ1v) is 9.05. The molecule has 1 aliphatic heterocycles. The number of ether oxygens (including phenoxy) is 3. The van der Waals surface area contributed by atoms with E-state index in [1.54, 1.807) is 55.6 Å². The summed E-state index contributed by atoms with van der Waals surface area (Å²) in [4.78, 5) is 38.2. The van der Waals surface area contributed by atoms with Crippen molar-refractivity contribution >= 4 is 29.2 Å². The van der Waals surface area contributed by atoms with Crippen molar-refractivity contribution < 1.29 is 28.6 Å². The number of nitrogens with one attached hydrogen (secondary N) is 1. The number of esters is 1. The lowest BCUT2D eigenvalue weighted by molar-refractivity contribution is -0.151. The molecule has 1 atom stereocenters. The minimum atomic E-state index is -0.638. The molecule has 29 heavy (non-hydrogen) atoms. The van der Waals surface area contributed by atoms with Gasteiger partial charge in [-0.3, -0.25) is 14.4 Å². The Morgan fingerprint density at radius 2 is 1.79 bits per heavy atom. The molecule has 2 aromatic carbocycles. The van der Waals surface area contributed by atoms with E-state index in [2.05, 4.69) is 5.32 Å². The van der Waals surface area contributed by atoms with Crippen LogP contribution in [0, 0.1) is 5.92 Å². The lowest BCUT2D eigenvalue weighted by Gasteiger charge is -2.19. The van der Waals surface area contributed by atoms with Crippen LogP contribution in [0.25, 0.3) is 0 Å². The SMILES string of the molecule is COc1ccc(NC(=O)COC(=O)[C@H]2CC(=O)N(c3ccccc3OC)C2)cc1. The Hall–Kier alpha value is -3.55. The van der Waals surface area contributed by atoms with Crippen LogP contribution in [-0.2, 0) is 19.1 Å². The van der Waals surface area contributed by atoms with E-state index in [1.807, 2.05) is 0 Å². The number of nitrogens with zero attached hydrogens (tertiary/aromatic N) is 1. The fourth-order valence-corrected chi connectivity index (χ4v) is 3.08. The second kappa shape index (κ2) is 9.09. The van der Waals surface area contributed by atoms with Gasteiger partial charge in [-0.15, -0.1) is 0 Å². The number of carbonyl (C=O) groups is 3. The largest absolute Gasteiger partial charge is 0.497 e. The zero-order chi connectivity index (χ0) is 20.8. The summed E-state index contributed by atoms with van der Waals surface area (Å²) in [6.45, 7) is -0.248. The molecule has 1 aliphatic rings. The van der Waals surface area contributed by atoms with Gasteiger partial charge in [0.1, 0.15) is 11.5 Å². The number of carbonyl (C=O) groups excluding carboxylic acids is 3. The first-order chi connectivity index (χ1) is 14.0. The van der Waals surface area contributed by atoms with Crippen LogP contribution in [0.5, 0.6) is 11.5 Å². The van der Waals surface area contributed by atoms with Gasteiger partial charge in [-0.05, 0) is 36.4 Å². The van der Waals surface area contributed by atoms with Crippen molar-refractivity contribution in [3.8, 4) is 11.5 Å². The molecule has 0 unspecified atom stereocenters. The van der Waals surface area contributed by atoms with Crippen molar-refractivity contribution in [2.45, 2.75) is 6.42 Å². The Bertz CT molecular complexity index is 896. The van der Waals surface area contributed by atoms with Gasteiger partial charge in [0.25, 0.3) is 5.91 Å². The molecule has 8 nitrogen and oxygen atoms in total. The molecule has 0 radical (unpaired) electrons. The Balaban J connectivity index is 1.53. The molecular weight excluding hydrogens is 376 g/mol. The van der Waals surface area contributed by atoms with Crippen LogP contribution in [0.15, 0.2) is 48.5 Å². The third kappa shape index (κ3) is 4.84. The molecule has 0 bridgehead atoms. The molecule has 1 heterocycles. The van der Waals surface area contributed by atoms with E-state index in [1.165, 1.54) is 12.0 Å². The molecule has 152 valence electrons. The zero-order valence-corrected chi connectivity index (χ0v) is 16.2. The summed E-state index contributed by atoms with van der Waals surface area (Å²) in [6.07, 6.45) is 0.0248. The Labute approximate surface area is 168 Å². The second-order valence-electron chi connectivity index (χ2n) is 6.46. The van der Waals surface area contributed by atoms with E-state index in [4.69, 9.17) is 14.2 Å². The fraction of sp³-hybridized carbons (Fsp3) is 0.286. The van der Waals surface area contributed by atoms with Gasteiger partial charge < -0.3 is 24.4 Å². The lowest BCUT2D eigenvalue weighted by Crippen LogP contribution is -2.28. The summed E-state index contributed by atoms with van der Waals surface area (Å²) in [5, 5.41) is 2.63. The Morgan fingerprint density at radius 3 is 2.48 bits per heavy atom. The molecule has 8 heteroatoms. The molecule has 1 fully saturated rings. The molecule has 0 aliphatic carbocycles. The molecule has 2 aromatic rings. The van der Waals surface area contributed by atoms with E-state index in [0.717, 1.165) is 0 Å². The smallest absolute Gasteiger partial charge is 0.311 e. The van der Waals surface area contributed by atoms with Gasteiger partial charge in [-0.25, -0.2) is 0 Å². The predicted octanol–water partition coefficient (Wildman–Crippen LogP) is 2.24. The minimum absolute atomic E-state index is 0.0248. The van der Waals surface area contributed by atoms with E-state index in [9.17, 15) is 14.4 Å². The number of para-hydroxylation sites is 2. The fourth-order valence-electron chi connectivity index (χ4n) is 3.08. The first kappa shape index (κ1) is 20.2. The molecule has 1 N–H and O–H groups in total. The average molecular weight is 398 g/mol. The second-order valence-corrected chi connectivity index (χ2v) is 6.46. The van der Waals surface area contributed by atoms with Crippen LogP contribution >= 0.6 is 0 Å². The molecule has 0 aromatic heterocycles. The van der Waals surface area contributed by atoms with Gasteiger partial charge in [-0.1, -0.05) is 12.1 Å². The highest BCUT2D eigenvalue weighted by Crippen LogP contribution is 2.33. The minimum Gasteiger partial charge on any atom is -0.497 e. The third-order valence-corrected chi connectivity index (χ3v) is 4.55. The highest BCUT2D eigenvalue weighted by Gasteiger charge is 2.37. The van der Waals surface area contributed by atoms with Crippen LogP contribution in [0.4, 0.5) is 11.4 Å². The lowest BCUT2D eigenvalue weighted by atomic mass is 10.1.